The highest BCUT2D eigenvalue weighted by molar-refractivity contribution is 5.98. The van der Waals surface area contributed by atoms with E-state index in [2.05, 4.69) is 36.7 Å². The molecule has 0 aliphatic heterocycles. The quantitative estimate of drug-likeness (QED) is 0.602. The summed E-state index contributed by atoms with van der Waals surface area (Å²) in [5.41, 5.74) is 1.47. The van der Waals surface area contributed by atoms with E-state index in [0.29, 0.717) is 12.1 Å². The summed E-state index contributed by atoms with van der Waals surface area (Å²) < 4.78 is 4.85. The van der Waals surface area contributed by atoms with Gasteiger partial charge in [-0.2, -0.15) is 0 Å². The summed E-state index contributed by atoms with van der Waals surface area (Å²) in [6.45, 7) is 11.3. The lowest BCUT2D eigenvalue weighted by molar-refractivity contribution is -0.149. The highest BCUT2D eigenvalue weighted by Crippen LogP contribution is 2.22. The van der Waals surface area contributed by atoms with Gasteiger partial charge in [0.05, 0.1) is 0 Å². The number of imide groups is 1. The molecule has 0 aromatic heterocycles. The van der Waals surface area contributed by atoms with Crippen molar-refractivity contribution in [2.24, 2.45) is 5.92 Å². The van der Waals surface area contributed by atoms with Crippen LogP contribution in [0.4, 0.5) is 4.79 Å². The number of benzene rings is 1. The Hall–Kier alpha value is -2.90. The molecule has 0 unspecified atom stereocenters. The van der Waals surface area contributed by atoms with E-state index in [1.165, 1.54) is 6.92 Å². The molecule has 3 N–H and O–H groups in total. The van der Waals surface area contributed by atoms with Crippen LogP contribution in [0.15, 0.2) is 24.3 Å². The number of carbonyl (C=O) groups excluding carboxylic acids is 4. The number of nitrogens with one attached hydrogen (secondary N) is 3. The minimum Gasteiger partial charge on any atom is -0.454 e. The van der Waals surface area contributed by atoms with Gasteiger partial charge < -0.3 is 15.4 Å². The van der Waals surface area contributed by atoms with Crippen LogP contribution < -0.4 is 16.0 Å². The van der Waals surface area contributed by atoms with Crippen molar-refractivity contribution in [3.8, 4) is 0 Å². The van der Waals surface area contributed by atoms with Gasteiger partial charge in [-0.05, 0) is 36.0 Å². The number of esters is 1. The summed E-state index contributed by atoms with van der Waals surface area (Å²) in [6, 6.07) is 5.51. The monoisotopic (exact) mass is 405 g/mol. The van der Waals surface area contributed by atoms with Crippen LogP contribution in [0.1, 0.15) is 57.5 Å². The number of hydrogen-bond acceptors (Lipinski definition) is 5. The minimum absolute atomic E-state index is 0.0294. The molecule has 1 aromatic rings. The van der Waals surface area contributed by atoms with Crippen molar-refractivity contribution in [1.29, 1.82) is 0 Å². The van der Waals surface area contributed by atoms with Gasteiger partial charge >= 0.3 is 12.0 Å². The molecule has 1 atom stereocenters. The van der Waals surface area contributed by atoms with Gasteiger partial charge in [-0.1, -0.05) is 46.8 Å². The predicted molar refractivity (Wildman–Crippen MR) is 109 cm³/mol. The average Bonchev–Trinajstić information content (AvgIpc) is 2.63. The van der Waals surface area contributed by atoms with E-state index in [0.717, 1.165) is 5.56 Å². The van der Waals surface area contributed by atoms with Crippen molar-refractivity contribution in [2.45, 2.75) is 53.0 Å². The number of ether oxygens (including phenoxy) is 1. The Labute approximate surface area is 171 Å². The van der Waals surface area contributed by atoms with Gasteiger partial charge in [-0.15, -0.1) is 0 Å². The fourth-order valence-corrected chi connectivity index (χ4v) is 2.23. The number of urea groups is 1. The maximum absolute atomic E-state index is 12.3. The maximum Gasteiger partial charge on any atom is 0.328 e. The average molecular weight is 405 g/mol. The van der Waals surface area contributed by atoms with Gasteiger partial charge in [0.1, 0.15) is 6.04 Å². The van der Waals surface area contributed by atoms with Crippen molar-refractivity contribution in [3.63, 3.8) is 0 Å². The van der Waals surface area contributed by atoms with E-state index in [1.807, 2.05) is 26.0 Å². The van der Waals surface area contributed by atoms with Crippen LogP contribution in [-0.4, -0.2) is 43.0 Å². The van der Waals surface area contributed by atoms with E-state index >= 15 is 0 Å². The summed E-state index contributed by atoms with van der Waals surface area (Å²) in [5.74, 6) is -1.71. The standard InChI is InChI=1S/C21H31N3O5/c1-13(2)11-22-20(28)24-17(25)12-29-19(27)14(3)23-18(26)15-7-9-16(10-8-15)21(4,5)6/h7-10,13-14H,11-12H2,1-6H3,(H,23,26)(H2,22,24,25,28)/t14-/m0/s1. The highest BCUT2D eigenvalue weighted by Gasteiger charge is 2.20. The molecule has 0 fully saturated rings. The third kappa shape index (κ3) is 8.76. The molecule has 0 bridgehead atoms. The Morgan fingerprint density at radius 3 is 2.10 bits per heavy atom. The second-order valence-electron chi connectivity index (χ2n) is 8.28. The molecule has 0 aliphatic rings. The zero-order valence-electron chi connectivity index (χ0n) is 17.9. The molecule has 1 aromatic carbocycles. The summed E-state index contributed by atoms with van der Waals surface area (Å²) in [5, 5.41) is 7.10. The second kappa shape index (κ2) is 10.6. The van der Waals surface area contributed by atoms with Crippen LogP contribution >= 0.6 is 0 Å². The van der Waals surface area contributed by atoms with Gasteiger partial charge in [0, 0.05) is 12.1 Å². The molecule has 8 nitrogen and oxygen atoms in total. The minimum atomic E-state index is -0.952. The molecule has 160 valence electrons. The van der Waals surface area contributed by atoms with Crippen molar-refractivity contribution in [2.75, 3.05) is 13.2 Å². The van der Waals surface area contributed by atoms with Crippen LogP contribution in [-0.2, 0) is 19.7 Å². The molecule has 0 saturated carbocycles. The summed E-state index contributed by atoms with van der Waals surface area (Å²) in [4.78, 5) is 47.4. The molecule has 0 heterocycles. The Bertz CT molecular complexity index is 736. The fourth-order valence-electron chi connectivity index (χ4n) is 2.23. The van der Waals surface area contributed by atoms with E-state index in [-0.39, 0.29) is 11.3 Å². The van der Waals surface area contributed by atoms with Crippen LogP contribution in [0.25, 0.3) is 0 Å². The lowest BCUT2D eigenvalue weighted by atomic mass is 9.86. The lowest BCUT2D eigenvalue weighted by Crippen LogP contribution is -2.44. The van der Waals surface area contributed by atoms with E-state index < -0.39 is 36.5 Å². The van der Waals surface area contributed by atoms with Crippen molar-refractivity contribution >= 4 is 23.8 Å². The van der Waals surface area contributed by atoms with E-state index in [4.69, 9.17) is 4.74 Å². The second-order valence-corrected chi connectivity index (χ2v) is 8.28. The van der Waals surface area contributed by atoms with Gasteiger partial charge in [-0.25, -0.2) is 9.59 Å². The molecule has 4 amide bonds. The van der Waals surface area contributed by atoms with Gasteiger partial charge in [0.15, 0.2) is 6.61 Å². The number of rotatable bonds is 7. The Balaban J connectivity index is 2.46. The number of carbonyl (C=O) groups is 4. The van der Waals surface area contributed by atoms with Crippen LogP contribution in [0.3, 0.4) is 0 Å². The summed E-state index contributed by atoms with van der Waals surface area (Å²) in [7, 11) is 0. The third-order valence-corrected chi connectivity index (χ3v) is 3.98. The third-order valence-electron chi connectivity index (χ3n) is 3.98. The largest absolute Gasteiger partial charge is 0.454 e. The zero-order chi connectivity index (χ0) is 22.2. The van der Waals surface area contributed by atoms with Gasteiger partial charge in [-0.3, -0.25) is 14.9 Å². The predicted octanol–water partition coefficient (Wildman–Crippen LogP) is 2.13. The van der Waals surface area contributed by atoms with E-state index in [1.54, 1.807) is 12.1 Å². The van der Waals surface area contributed by atoms with Crippen molar-refractivity contribution in [1.82, 2.24) is 16.0 Å². The van der Waals surface area contributed by atoms with Crippen LogP contribution in [0.2, 0.25) is 0 Å². The first-order chi connectivity index (χ1) is 13.4. The molecular weight excluding hydrogens is 374 g/mol. The molecule has 0 spiro atoms. The maximum atomic E-state index is 12.3. The lowest BCUT2D eigenvalue weighted by Gasteiger charge is -2.19. The molecule has 29 heavy (non-hydrogen) atoms. The first-order valence-corrected chi connectivity index (χ1v) is 9.56. The number of amides is 4. The molecule has 0 aliphatic carbocycles. The van der Waals surface area contributed by atoms with Crippen molar-refractivity contribution < 1.29 is 23.9 Å². The smallest absolute Gasteiger partial charge is 0.328 e. The number of hydrogen-bond donors (Lipinski definition) is 3. The first kappa shape index (κ1) is 24.1. The molecule has 1 rings (SSSR count). The van der Waals surface area contributed by atoms with Gasteiger partial charge in [0.25, 0.3) is 11.8 Å². The van der Waals surface area contributed by atoms with Crippen LogP contribution in [0.5, 0.6) is 0 Å². The Kier molecular flexibility index (Phi) is 8.82. The molecule has 0 radical (unpaired) electrons. The Morgan fingerprint density at radius 1 is 1.00 bits per heavy atom. The highest BCUT2D eigenvalue weighted by atomic mass is 16.5. The molecule has 0 saturated heterocycles. The SMILES string of the molecule is CC(C)CNC(=O)NC(=O)COC(=O)[C@H](C)NC(=O)c1ccc(C(C)(C)C)cc1. The molecule has 8 heteroatoms. The summed E-state index contributed by atoms with van der Waals surface area (Å²) >= 11 is 0. The first-order valence-electron chi connectivity index (χ1n) is 9.56. The Morgan fingerprint density at radius 2 is 1.59 bits per heavy atom. The van der Waals surface area contributed by atoms with Crippen LogP contribution in [0, 0.1) is 5.92 Å². The molecular formula is C21H31N3O5. The van der Waals surface area contributed by atoms with E-state index in [9.17, 15) is 19.2 Å². The van der Waals surface area contributed by atoms with Crippen molar-refractivity contribution in [3.05, 3.63) is 35.4 Å². The fraction of sp³-hybridized carbons (Fsp3) is 0.524. The zero-order valence-corrected chi connectivity index (χ0v) is 17.9. The topological polar surface area (TPSA) is 114 Å². The normalized spacial score (nSPS) is 12.1. The summed E-state index contributed by atoms with van der Waals surface area (Å²) in [6.07, 6.45) is 0. The van der Waals surface area contributed by atoms with Gasteiger partial charge in [0.2, 0.25) is 0 Å².